The van der Waals surface area contributed by atoms with Crippen LogP contribution in [-0.2, 0) is 11.3 Å². The molecule has 0 radical (unpaired) electrons. The predicted octanol–water partition coefficient (Wildman–Crippen LogP) is 1.03. The molecular weight excluding hydrogens is 242 g/mol. The van der Waals surface area contributed by atoms with Crippen molar-refractivity contribution in [3.8, 4) is 0 Å². The molecule has 6 heteroatoms. The first kappa shape index (κ1) is 12.0. The summed E-state index contributed by atoms with van der Waals surface area (Å²) in [5, 5.41) is 0. The van der Waals surface area contributed by atoms with Crippen molar-refractivity contribution in [3.05, 3.63) is 18.3 Å². The van der Waals surface area contributed by atoms with Crippen LogP contribution in [0.2, 0.25) is 0 Å². The number of aromatic nitrogens is 3. The second-order valence-electron chi connectivity index (χ2n) is 4.81. The van der Waals surface area contributed by atoms with Gasteiger partial charge in [-0.2, -0.15) is 0 Å². The SMILES string of the molecule is Nc1nc2cccnc2n1CCC(=O)N1CCCC1. The summed E-state index contributed by atoms with van der Waals surface area (Å²) >= 11 is 0. The Hall–Kier alpha value is -2.11. The smallest absolute Gasteiger partial charge is 0.224 e. The molecule has 100 valence electrons. The van der Waals surface area contributed by atoms with Gasteiger partial charge in [0, 0.05) is 32.3 Å². The number of likely N-dealkylation sites (tertiary alicyclic amines) is 1. The van der Waals surface area contributed by atoms with Crippen LogP contribution in [-0.4, -0.2) is 38.4 Å². The molecule has 0 bridgehead atoms. The number of carbonyl (C=O) groups is 1. The summed E-state index contributed by atoms with van der Waals surface area (Å²) < 4.78 is 1.81. The van der Waals surface area contributed by atoms with E-state index < -0.39 is 0 Å². The van der Waals surface area contributed by atoms with Gasteiger partial charge in [0.1, 0.15) is 5.52 Å². The molecule has 3 heterocycles. The third-order valence-corrected chi connectivity index (χ3v) is 3.54. The molecule has 1 fully saturated rings. The minimum atomic E-state index is 0.190. The van der Waals surface area contributed by atoms with Gasteiger partial charge in [-0.1, -0.05) is 0 Å². The molecule has 2 aromatic rings. The number of amides is 1. The zero-order valence-corrected chi connectivity index (χ0v) is 10.7. The monoisotopic (exact) mass is 259 g/mol. The van der Waals surface area contributed by atoms with Crippen molar-refractivity contribution in [2.45, 2.75) is 25.8 Å². The highest BCUT2D eigenvalue weighted by molar-refractivity contribution is 5.77. The normalized spacial score (nSPS) is 15.3. The van der Waals surface area contributed by atoms with Crippen molar-refractivity contribution in [1.82, 2.24) is 19.4 Å². The lowest BCUT2D eigenvalue weighted by atomic mass is 10.3. The number of anilines is 1. The average molecular weight is 259 g/mol. The van der Waals surface area contributed by atoms with E-state index in [2.05, 4.69) is 9.97 Å². The quantitative estimate of drug-likeness (QED) is 0.893. The molecule has 0 atom stereocenters. The van der Waals surface area contributed by atoms with Gasteiger partial charge in [-0.05, 0) is 25.0 Å². The highest BCUT2D eigenvalue weighted by Crippen LogP contribution is 2.16. The number of hydrogen-bond acceptors (Lipinski definition) is 4. The molecule has 0 aliphatic carbocycles. The van der Waals surface area contributed by atoms with Crippen LogP contribution in [0.1, 0.15) is 19.3 Å². The lowest BCUT2D eigenvalue weighted by Gasteiger charge is -2.15. The van der Waals surface area contributed by atoms with Crippen LogP contribution in [0.3, 0.4) is 0 Å². The average Bonchev–Trinajstić information content (AvgIpc) is 3.03. The zero-order chi connectivity index (χ0) is 13.2. The molecule has 19 heavy (non-hydrogen) atoms. The Morgan fingerprint density at radius 1 is 1.37 bits per heavy atom. The molecule has 1 aliphatic rings. The maximum absolute atomic E-state index is 12.0. The van der Waals surface area contributed by atoms with Crippen molar-refractivity contribution in [2.24, 2.45) is 0 Å². The third kappa shape index (κ3) is 2.25. The molecule has 0 aromatic carbocycles. The van der Waals surface area contributed by atoms with E-state index in [4.69, 9.17) is 5.73 Å². The summed E-state index contributed by atoms with van der Waals surface area (Å²) in [5.41, 5.74) is 7.40. The largest absolute Gasteiger partial charge is 0.369 e. The molecule has 3 rings (SSSR count). The number of hydrogen-bond donors (Lipinski definition) is 1. The lowest BCUT2D eigenvalue weighted by Crippen LogP contribution is -2.28. The van der Waals surface area contributed by atoms with Crippen molar-refractivity contribution in [2.75, 3.05) is 18.8 Å². The maximum Gasteiger partial charge on any atom is 0.224 e. The summed E-state index contributed by atoms with van der Waals surface area (Å²) in [5.74, 6) is 0.609. The number of nitrogens with two attached hydrogens (primary N) is 1. The fraction of sp³-hybridized carbons (Fsp3) is 0.462. The highest BCUT2D eigenvalue weighted by atomic mass is 16.2. The number of nitrogen functional groups attached to an aromatic ring is 1. The van der Waals surface area contributed by atoms with E-state index in [0.717, 1.165) is 37.1 Å². The Kier molecular flexibility index (Phi) is 3.06. The van der Waals surface area contributed by atoms with E-state index in [9.17, 15) is 4.79 Å². The summed E-state index contributed by atoms with van der Waals surface area (Å²) in [6, 6.07) is 3.70. The molecule has 1 saturated heterocycles. The lowest BCUT2D eigenvalue weighted by molar-refractivity contribution is -0.130. The number of carbonyl (C=O) groups excluding carboxylic acids is 1. The van der Waals surface area contributed by atoms with E-state index >= 15 is 0 Å². The number of pyridine rings is 1. The van der Waals surface area contributed by atoms with Crippen LogP contribution in [0, 0.1) is 0 Å². The Labute approximate surface area is 111 Å². The van der Waals surface area contributed by atoms with Gasteiger partial charge in [0.2, 0.25) is 11.9 Å². The minimum absolute atomic E-state index is 0.190. The van der Waals surface area contributed by atoms with E-state index in [0.29, 0.717) is 18.9 Å². The number of fused-ring (bicyclic) bond motifs is 1. The molecule has 1 aliphatic heterocycles. The van der Waals surface area contributed by atoms with Gasteiger partial charge < -0.3 is 10.6 Å². The van der Waals surface area contributed by atoms with E-state index in [1.807, 2.05) is 21.6 Å². The van der Waals surface area contributed by atoms with Crippen LogP contribution < -0.4 is 5.73 Å². The first-order valence-corrected chi connectivity index (χ1v) is 6.60. The number of nitrogens with zero attached hydrogens (tertiary/aromatic N) is 4. The second kappa shape index (κ2) is 4.87. The first-order valence-electron chi connectivity index (χ1n) is 6.60. The Bertz CT molecular complexity index is 600. The first-order chi connectivity index (χ1) is 9.25. The maximum atomic E-state index is 12.0. The van der Waals surface area contributed by atoms with Gasteiger partial charge in [0.25, 0.3) is 0 Å². The summed E-state index contributed by atoms with van der Waals surface area (Å²) in [6.45, 7) is 2.31. The Balaban J connectivity index is 1.74. The van der Waals surface area contributed by atoms with Crippen molar-refractivity contribution in [3.63, 3.8) is 0 Å². The number of aryl methyl sites for hydroxylation is 1. The van der Waals surface area contributed by atoms with Crippen LogP contribution in [0.15, 0.2) is 18.3 Å². The molecule has 0 saturated carbocycles. The standard InChI is InChI=1S/C13H17N5O/c14-13-16-10-4-3-6-15-12(10)18(13)9-5-11(19)17-7-1-2-8-17/h3-4,6H,1-2,5,7-9H2,(H2,14,16). The fourth-order valence-electron chi connectivity index (χ4n) is 2.53. The van der Waals surface area contributed by atoms with E-state index in [1.165, 1.54) is 0 Å². The topological polar surface area (TPSA) is 77.0 Å². The molecule has 1 amide bonds. The van der Waals surface area contributed by atoms with Crippen molar-refractivity contribution in [1.29, 1.82) is 0 Å². The van der Waals surface area contributed by atoms with Gasteiger partial charge in [-0.3, -0.25) is 9.36 Å². The summed E-state index contributed by atoms with van der Waals surface area (Å²) in [6.07, 6.45) is 4.39. The fourth-order valence-corrected chi connectivity index (χ4v) is 2.53. The van der Waals surface area contributed by atoms with Gasteiger partial charge in [0.05, 0.1) is 0 Å². The van der Waals surface area contributed by atoms with Gasteiger partial charge >= 0.3 is 0 Å². The van der Waals surface area contributed by atoms with Gasteiger partial charge in [0.15, 0.2) is 5.65 Å². The molecule has 0 spiro atoms. The van der Waals surface area contributed by atoms with Crippen LogP contribution in [0.4, 0.5) is 5.95 Å². The third-order valence-electron chi connectivity index (χ3n) is 3.54. The zero-order valence-electron chi connectivity index (χ0n) is 10.7. The van der Waals surface area contributed by atoms with Crippen LogP contribution >= 0.6 is 0 Å². The molecular formula is C13H17N5O. The van der Waals surface area contributed by atoms with Gasteiger partial charge in [-0.15, -0.1) is 0 Å². The second-order valence-corrected chi connectivity index (χ2v) is 4.81. The molecule has 2 aromatic heterocycles. The van der Waals surface area contributed by atoms with E-state index in [1.54, 1.807) is 6.20 Å². The number of rotatable bonds is 3. The predicted molar refractivity (Wildman–Crippen MR) is 72.4 cm³/mol. The molecule has 0 unspecified atom stereocenters. The molecule has 6 nitrogen and oxygen atoms in total. The van der Waals surface area contributed by atoms with Gasteiger partial charge in [-0.25, -0.2) is 9.97 Å². The van der Waals surface area contributed by atoms with Crippen molar-refractivity contribution >= 4 is 23.0 Å². The minimum Gasteiger partial charge on any atom is -0.369 e. The number of imidazole rings is 1. The Morgan fingerprint density at radius 2 is 2.16 bits per heavy atom. The van der Waals surface area contributed by atoms with Crippen molar-refractivity contribution < 1.29 is 4.79 Å². The van der Waals surface area contributed by atoms with Crippen LogP contribution in [0.5, 0.6) is 0 Å². The highest BCUT2D eigenvalue weighted by Gasteiger charge is 2.18. The van der Waals surface area contributed by atoms with E-state index in [-0.39, 0.29) is 5.91 Å². The van der Waals surface area contributed by atoms with Crippen LogP contribution in [0.25, 0.3) is 11.2 Å². The Morgan fingerprint density at radius 3 is 2.95 bits per heavy atom. The summed E-state index contributed by atoms with van der Waals surface area (Å²) in [4.78, 5) is 22.5. The summed E-state index contributed by atoms with van der Waals surface area (Å²) in [7, 11) is 0. The molecule has 2 N–H and O–H groups in total.